The van der Waals surface area contributed by atoms with Crippen LogP contribution >= 0.6 is 0 Å². The van der Waals surface area contributed by atoms with E-state index in [9.17, 15) is 14.4 Å². The summed E-state index contributed by atoms with van der Waals surface area (Å²) in [6, 6.07) is 0. The molecule has 0 fully saturated rings. The highest BCUT2D eigenvalue weighted by Crippen LogP contribution is 2.17. The van der Waals surface area contributed by atoms with Gasteiger partial charge in [-0.05, 0) is 31.1 Å². The fourth-order valence-electron chi connectivity index (χ4n) is 6.72. The van der Waals surface area contributed by atoms with Crippen LogP contribution < -0.4 is 0 Å². The van der Waals surface area contributed by atoms with Gasteiger partial charge in [0, 0.05) is 19.3 Å². The van der Waals surface area contributed by atoms with Gasteiger partial charge in [0.25, 0.3) is 0 Å². The topological polar surface area (TPSA) is 78.9 Å². The van der Waals surface area contributed by atoms with Crippen LogP contribution in [-0.4, -0.2) is 37.2 Å². The summed E-state index contributed by atoms with van der Waals surface area (Å²) in [5.74, 6) is 0.818. The Balaban J connectivity index is 4.16. The lowest BCUT2D eigenvalue weighted by Gasteiger charge is -2.18. The van der Waals surface area contributed by atoms with Gasteiger partial charge in [-0.15, -0.1) is 0 Å². The number of rotatable bonds is 40. The molecule has 0 aromatic rings. The van der Waals surface area contributed by atoms with E-state index in [2.05, 4.69) is 34.6 Å². The Morgan fingerprint density at radius 3 is 1.10 bits per heavy atom. The summed E-state index contributed by atoms with van der Waals surface area (Å²) in [5.41, 5.74) is 0. The largest absolute Gasteiger partial charge is 0.462 e. The first-order chi connectivity index (χ1) is 25.3. The smallest absolute Gasteiger partial charge is 0.306 e. The minimum atomic E-state index is -0.759. The fraction of sp³-hybridized carbons (Fsp3) is 0.935. The van der Waals surface area contributed by atoms with Crippen LogP contribution in [0.3, 0.4) is 0 Å². The van der Waals surface area contributed by atoms with Crippen molar-refractivity contribution in [3.05, 3.63) is 0 Å². The zero-order chi connectivity index (χ0) is 38.3. The average Bonchev–Trinajstić information content (AvgIpc) is 3.12. The molecule has 0 rings (SSSR count). The summed E-state index contributed by atoms with van der Waals surface area (Å²) in [7, 11) is 0. The maximum absolute atomic E-state index is 12.7. The molecule has 1 unspecified atom stereocenters. The summed E-state index contributed by atoms with van der Waals surface area (Å²) >= 11 is 0. The van der Waals surface area contributed by atoms with Crippen LogP contribution in [0.1, 0.15) is 247 Å². The molecule has 308 valence electrons. The van der Waals surface area contributed by atoms with Gasteiger partial charge in [-0.2, -0.15) is 0 Å². The first kappa shape index (κ1) is 50.4. The van der Waals surface area contributed by atoms with Gasteiger partial charge >= 0.3 is 17.9 Å². The Kier molecular flexibility index (Phi) is 37.9. The monoisotopic (exact) mass is 737 g/mol. The zero-order valence-electron chi connectivity index (χ0n) is 35.4. The second kappa shape index (κ2) is 39.1. The second-order valence-corrected chi connectivity index (χ2v) is 16.4. The number of esters is 3. The molecular formula is C46H88O6. The Hall–Kier alpha value is -1.59. The molecule has 0 aromatic carbocycles. The predicted octanol–water partition coefficient (Wildman–Crippen LogP) is 14.2. The van der Waals surface area contributed by atoms with Gasteiger partial charge in [0.2, 0.25) is 0 Å². The molecule has 0 aliphatic rings. The lowest BCUT2D eigenvalue weighted by Crippen LogP contribution is -2.30. The van der Waals surface area contributed by atoms with Gasteiger partial charge < -0.3 is 14.2 Å². The molecular weight excluding hydrogens is 649 g/mol. The van der Waals surface area contributed by atoms with Gasteiger partial charge in [-0.25, -0.2) is 0 Å². The van der Waals surface area contributed by atoms with Crippen molar-refractivity contribution in [3.63, 3.8) is 0 Å². The van der Waals surface area contributed by atoms with Crippen LogP contribution in [0.2, 0.25) is 0 Å². The zero-order valence-corrected chi connectivity index (χ0v) is 35.4. The highest BCUT2D eigenvalue weighted by Gasteiger charge is 2.19. The number of ether oxygens (including phenoxy) is 3. The van der Waals surface area contributed by atoms with Crippen molar-refractivity contribution in [1.29, 1.82) is 0 Å². The van der Waals surface area contributed by atoms with Crippen molar-refractivity contribution in [2.75, 3.05) is 13.2 Å². The molecule has 0 heterocycles. The molecule has 52 heavy (non-hydrogen) atoms. The minimum Gasteiger partial charge on any atom is -0.462 e. The van der Waals surface area contributed by atoms with Crippen LogP contribution in [-0.2, 0) is 28.6 Å². The maximum atomic E-state index is 12.7. The number of hydrogen-bond donors (Lipinski definition) is 0. The lowest BCUT2D eigenvalue weighted by molar-refractivity contribution is -0.167. The normalized spacial score (nSPS) is 12.6. The van der Waals surface area contributed by atoms with Crippen molar-refractivity contribution in [2.45, 2.75) is 253 Å². The molecule has 0 spiro atoms. The Morgan fingerprint density at radius 2 is 0.731 bits per heavy atom. The Bertz CT molecular complexity index is 796. The number of unbranched alkanes of at least 4 members (excludes halogenated alkanes) is 24. The van der Waals surface area contributed by atoms with Crippen molar-refractivity contribution in [3.8, 4) is 0 Å². The van der Waals surface area contributed by atoms with Crippen molar-refractivity contribution < 1.29 is 28.6 Å². The Morgan fingerprint density at radius 1 is 0.404 bits per heavy atom. The molecule has 6 heteroatoms. The van der Waals surface area contributed by atoms with E-state index in [0.29, 0.717) is 19.3 Å². The van der Waals surface area contributed by atoms with Crippen molar-refractivity contribution in [1.82, 2.24) is 0 Å². The standard InChI is InChI=1S/C46H88O6/c1-6-8-9-24-31-36-44(47)50-39-43(40-51-45(48)37-32-27-22-19-18-20-25-29-34-41(3)4)52-46(49)38-33-28-23-17-15-13-11-10-12-14-16-21-26-30-35-42(5)7-2/h41-43H,6-40H2,1-5H3/t42?,43-/m1/s1. The summed E-state index contributed by atoms with van der Waals surface area (Å²) in [5, 5.41) is 0. The molecule has 0 aliphatic carbocycles. The third-order valence-electron chi connectivity index (χ3n) is 10.6. The van der Waals surface area contributed by atoms with E-state index >= 15 is 0 Å². The van der Waals surface area contributed by atoms with E-state index in [0.717, 1.165) is 76.0 Å². The average molecular weight is 737 g/mol. The molecule has 0 amide bonds. The predicted molar refractivity (Wildman–Crippen MR) is 220 cm³/mol. The highest BCUT2D eigenvalue weighted by molar-refractivity contribution is 5.71. The SMILES string of the molecule is CCCCCCCC(=O)OC[C@H](COC(=O)CCCCCCCCCCC(C)C)OC(=O)CCCCCCCCCCCCCCCCC(C)CC. The van der Waals surface area contributed by atoms with Gasteiger partial charge in [0.15, 0.2) is 6.10 Å². The first-order valence-corrected chi connectivity index (χ1v) is 22.8. The fourth-order valence-corrected chi connectivity index (χ4v) is 6.72. The highest BCUT2D eigenvalue weighted by atomic mass is 16.6. The number of carbonyl (C=O) groups excluding carboxylic acids is 3. The first-order valence-electron chi connectivity index (χ1n) is 22.8. The van der Waals surface area contributed by atoms with Gasteiger partial charge in [-0.1, -0.05) is 208 Å². The van der Waals surface area contributed by atoms with Crippen LogP contribution in [0.5, 0.6) is 0 Å². The summed E-state index contributed by atoms with van der Waals surface area (Å²) in [6.07, 6.45) is 36.9. The van der Waals surface area contributed by atoms with Crippen molar-refractivity contribution >= 4 is 17.9 Å². The number of carbonyl (C=O) groups is 3. The van der Waals surface area contributed by atoms with Gasteiger partial charge in [0.1, 0.15) is 13.2 Å². The third-order valence-corrected chi connectivity index (χ3v) is 10.6. The molecule has 6 nitrogen and oxygen atoms in total. The van der Waals surface area contributed by atoms with E-state index < -0.39 is 6.10 Å². The van der Waals surface area contributed by atoms with Crippen LogP contribution in [0.25, 0.3) is 0 Å². The maximum Gasteiger partial charge on any atom is 0.306 e. The van der Waals surface area contributed by atoms with Gasteiger partial charge in [-0.3, -0.25) is 14.4 Å². The van der Waals surface area contributed by atoms with Crippen LogP contribution in [0.4, 0.5) is 0 Å². The summed E-state index contributed by atoms with van der Waals surface area (Å²) in [6.45, 7) is 11.3. The van der Waals surface area contributed by atoms with Crippen molar-refractivity contribution in [2.24, 2.45) is 11.8 Å². The van der Waals surface area contributed by atoms with E-state index in [4.69, 9.17) is 14.2 Å². The van der Waals surface area contributed by atoms with Crippen LogP contribution in [0, 0.1) is 11.8 Å². The molecule has 0 aromatic heterocycles. The molecule has 0 aliphatic heterocycles. The van der Waals surface area contributed by atoms with E-state index in [1.165, 1.54) is 128 Å². The molecule has 2 atom stereocenters. The molecule has 0 radical (unpaired) electrons. The minimum absolute atomic E-state index is 0.0664. The van der Waals surface area contributed by atoms with E-state index in [-0.39, 0.29) is 31.1 Å². The molecule has 0 bridgehead atoms. The Labute approximate surface area is 323 Å². The van der Waals surface area contributed by atoms with Gasteiger partial charge in [0.05, 0.1) is 0 Å². The molecule has 0 saturated carbocycles. The summed E-state index contributed by atoms with van der Waals surface area (Å²) in [4.78, 5) is 37.4. The lowest BCUT2D eigenvalue weighted by atomic mass is 9.99. The summed E-state index contributed by atoms with van der Waals surface area (Å²) < 4.78 is 16.6. The molecule has 0 saturated heterocycles. The van der Waals surface area contributed by atoms with E-state index in [1.807, 2.05) is 0 Å². The quantitative estimate of drug-likeness (QED) is 0.0354. The van der Waals surface area contributed by atoms with Crippen LogP contribution in [0.15, 0.2) is 0 Å². The number of hydrogen-bond acceptors (Lipinski definition) is 6. The second-order valence-electron chi connectivity index (χ2n) is 16.4. The third kappa shape index (κ3) is 38.1. The molecule has 0 N–H and O–H groups in total. The van der Waals surface area contributed by atoms with E-state index in [1.54, 1.807) is 0 Å².